The van der Waals surface area contributed by atoms with Gasteiger partial charge in [0.25, 0.3) is 0 Å². The quantitative estimate of drug-likeness (QED) is 0.825. The van der Waals surface area contributed by atoms with Crippen molar-refractivity contribution in [2.24, 2.45) is 0 Å². The molecule has 2 unspecified atom stereocenters. The number of piperazine rings is 1. The maximum Gasteiger partial charge on any atom is 0.242 e. The van der Waals surface area contributed by atoms with E-state index in [1.165, 1.54) is 0 Å². The third kappa shape index (κ3) is 3.54. The minimum absolute atomic E-state index is 0.0426. The Bertz CT molecular complexity index is 513. The Balaban J connectivity index is 2.02. The van der Waals surface area contributed by atoms with Crippen LogP contribution in [0.15, 0.2) is 24.3 Å². The SMILES string of the molecule is CCC1C(=O)NCCN1C(=O)CC(C)c1ccc(N)cc1. The van der Waals surface area contributed by atoms with E-state index < -0.39 is 0 Å². The van der Waals surface area contributed by atoms with Crippen molar-refractivity contribution >= 4 is 17.5 Å². The van der Waals surface area contributed by atoms with E-state index in [4.69, 9.17) is 5.73 Å². The summed E-state index contributed by atoms with van der Waals surface area (Å²) >= 11 is 0. The average molecular weight is 289 g/mol. The van der Waals surface area contributed by atoms with Crippen molar-refractivity contribution in [2.45, 2.75) is 38.6 Å². The molecule has 5 nitrogen and oxygen atoms in total. The lowest BCUT2D eigenvalue weighted by molar-refractivity contribution is -0.143. The maximum atomic E-state index is 12.5. The Morgan fingerprint density at radius 1 is 1.43 bits per heavy atom. The third-order valence-electron chi connectivity index (χ3n) is 4.02. The van der Waals surface area contributed by atoms with Gasteiger partial charge in [-0.3, -0.25) is 9.59 Å². The molecule has 2 rings (SSSR count). The zero-order chi connectivity index (χ0) is 15.4. The first kappa shape index (κ1) is 15.4. The smallest absolute Gasteiger partial charge is 0.242 e. The summed E-state index contributed by atoms with van der Waals surface area (Å²) in [7, 11) is 0. The normalized spacial score (nSPS) is 20.0. The van der Waals surface area contributed by atoms with E-state index in [-0.39, 0.29) is 23.8 Å². The van der Waals surface area contributed by atoms with E-state index >= 15 is 0 Å². The molecule has 1 aromatic rings. The highest BCUT2D eigenvalue weighted by Gasteiger charge is 2.31. The first-order valence-corrected chi connectivity index (χ1v) is 7.45. The Morgan fingerprint density at radius 3 is 2.71 bits per heavy atom. The molecule has 1 aliphatic heterocycles. The molecule has 1 aromatic carbocycles. The highest BCUT2D eigenvalue weighted by molar-refractivity contribution is 5.89. The number of anilines is 1. The molecule has 3 N–H and O–H groups in total. The molecule has 21 heavy (non-hydrogen) atoms. The molecule has 0 radical (unpaired) electrons. The summed E-state index contributed by atoms with van der Waals surface area (Å²) in [5.41, 5.74) is 7.49. The van der Waals surface area contributed by atoms with Gasteiger partial charge in [0, 0.05) is 25.2 Å². The van der Waals surface area contributed by atoms with Crippen molar-refractivity contribution in [1.29, 1.82) is 0 Å². The number of nitrogens with zero attached hydrogens (tertiary/aromatic N) is 1. The van der Waals surface area contributed by atoms with Crippen LogP contribution in [0.1, 0.15) is 38.2 Å². The lowest BCUT2D eigenvalue weighted by atomic mass is 9.96. The van der Waals surface area contributed by atoms with Crippen molar-refractivity contribution in [3.63, 3.8) is 0 Å². The minimum atomic E-state index is -0.329. The number of rotatable bonds is 4. The molecular weight excluding hydrogens is 266 g/mol. The zero-order valence-corrected chi connectivity index (χ0v) is 12.6. The van der Waals surface area contributed by atoms with E-state index in [9.17, 15) is 9.59 Å². The highest BCUT2D eigenvalue weighted by atomic mass is 16.2. The monoisotopic (exact) mass is 289 g/mol. The second kappa shape index (κ2) is 6.61. The predicted molar refractivity (Wildman–Crippen MR) is 82.7 cm³/mol. The summed E-state index contributed by atoms with van der Waals surface area (Å²) in [6.07, 6.45) is 1.06. The van der Waals surface area contributed by atoms with Gasteiger partial charge in [-0.1, -0.05) is 26.0 Å². The number of benzene rings is 1. The number of nitrogens with one attached hydrogen (secondary N) is 1. The van der Waals surface area contributed by atoms with E-state index in [0.717, 1.165) is 11.3 Å². The van der Waals surface area contributed by atoms with Crippen LogP contribution >= 0.6 is 0 Å². The lowest BCUT2D eigenvalue weighted by Gasteiger charge is -2.35. The molecule has 1 heterocycles. The summed E-state index contributed by atoms with van der Waals surface area (Å²) in [4.78, 5) is 26.0. The molecule has 2 amide bonds. The van der Waals surface area contributed by atoms with Crippen LogP contribution in [0.2, 0.25) is 0 Å². The van der Waals surface area contributed by atoms with Gasteiger partial charge in [0.2, 0.25) is 11.8 Å². The summed E-state index contributed by atoms with van der Waals surface area (Å²) in [5.74, 6) is 0.110. The summed E-state index contributed by atoms with van der Waals surface area (Å²) < 4.78 is 0. The molecule has 1 saturated heterocycles. The summed E-state index contributed by atoms with van der Waals surface area (Å²) in [6.45, 7) is 5.09. The van der Waals surface area contributed by atoms with Crippen LogP contribution in [-0.4, -0.2) is 35.8 Å². The number of hydrogen-bond donors (Lipinski definition) is 2. The predicted octanol–water partition coefficient (Wildman–Crippen LogP) is 1.50. The van der Waals surface area contributed by atoms with Gasteiger partial charge in [-0.05, 0) is 30.0 Å². The molecule has 5 heteroatoms. The van der Waals surface area contributed by atoms with E-state index in [1.807, 2.05) is 38.1 Å². The summed E-state index contributed by atoms with van der Waals surface area (Å²) in [6, 6.07) is 7.27. The Morgan fingerprint density at radius 2 is 2.10 bits per heavy atom. The van der Waals surface area contributed by atoms with Crippen LogP contribution in [0.5, 0.6) is 0 Å². The van der Waals surface area contributed by atoms with Crippen LogP contribution in [0.25, 0.3) is 0 Å². The third-order valence-corrected chi connectivity index (χ3v) is 4.02. The van der Waals surface area contributed by atoms with Crippen LogP contribution in [-0.2, 0) is 9.59 Å². The van der Waals surface area contributed by atoms with Gasteiger partial charge in [-0.15, -0.1) is 0 Å². The van der Waals surface area contributed by atoms with Crippen molar-refractivity contribution in [2.75, 3.05) is 18.8 Å². The molecule has 1 aliphatic rings. The number of amides is 2. The van der Waals surface area contributed by atoms with Gasteiger partial charge in [0.15, 0.2) is 0 Å². The van der Waals surface area contributed by atoms with Crippen LogP contribution < -0.4 is 11.1 Å². The fourth-order valence-corrected chi connectivity index (χ4v) is 2.74. The van der Waals surface area contributed by atoms with Gasteiger partial charge in [0.05, 0.1) is 0 Å². The van der Waals surface area contributed by atoms with Crippen molar-refractivity contribution in [3.05, 3.63) is 29.8 Å². The zero-order valence-electron chi connectivity index (χ0n) is 12.6. The second-order valence-electron chi connectivity index (χ2n) is 5.57. The van der Waals surface area contributed by atoms with Gasteiger partial charge in [0.1, 0.15) is 6.04 Å². The van der Waals surface area contributed by atoms with Crippen LogP contribution in [0.4, 0.5) is 5.69 Å². The highest BCUT2D eigenvalue weighted by Crippen LogP contribution is 2.22. The molecule has 0 aliphatic carbocycles. The molecule has 1 fully saturated rings. The Kier molecular flexibility index (Phi) is 4.83. The average Bonchev–Trinajstić information content (AvgIpc) is 2.47. The summed E-state index contributed by atoms with van der Waals surface area (Å²) in [5, 5.41) is 2.81. The second-order valence-corrected chi connectivity index (χ2v) is 5.57. The number of carbonyl (C=O) groups excluding carboxylic acids is 2. The molecule has 0 bridgehead atoms. The van der Waals surface area contributed by atoms with Crippen molar-refractivity contribution in [3.8, 4) is 0 Å². The van der Waals surface area contributed by atoms with Crippen molar-refractivity contribution in [1.82, 2.24) is 10.2 Å². The number of nitrogens with two attached hydrogens (primary N) is 1. The molecule has 0 saturated carbocycles. The maximum absolute atomic E-state index is 12.5. The van der Waals surface area contributed by atoms with E-state index in [1.54, 1.807) is 4.90 Å². The van der Waals surface area contributed by atoms with Crippen molar-refractivity contribution < 1.29 is 9.59 Å². The Hall–Kier alpha value is -2.04. The lowest BCUT2D eigenvalue weighted by Crippen LogP contribution is -2.57. The minimum Gasteiger partial charge on any atom is -0.399 e. The molecule has 0 aromatic heterocycles. The first-order chi connectivity index (χ1) is 10.0. The number of nitrogen functional groups attached to an aromatic ring is 1. The molecule has 0 spiro atoms. The van der Waals surface area contributed by atoms with Gasteiger partial charge < -0.3 is 16.0 Å². The fraction of sp³-hybridized carbons (Fsp3) is 0.500. The first-order valence-electron chi connectivity index (χ1n) is 7.45. The standard InChI is InChI=1S/C16H23N3O2/c1-3-14-16(21)18-8-9-19(14)15(20)10-11(2)12-4-6-13(17)7-5-12/h4-7,11,14H,3,8-10,17H2,1-2H3,(H,18,21). The van der Waals surface area contributed by atoms with Gasteiger partial charge in [-0.2, -0.15) is 0 Å². The fourth-order valence-electron chi connectivity index (χ4n) is 2.74. The van der Waals surface area contributed by atoms with Gasteiger partial charge >= 0.3 is 0 Å². The van der Waals surface area contributed by atoms with E-state index in [2.05, 4.69) is 5.32 Å². The number of hydrogen-bond acceptors (Lipinski definition) is 3. The number of carbonyl (C=O) groups is 2. The molecule has 114 valence electrons. The largest absolute Gasteiger partial charge is 0.399 e. The van der Waals surface area contributed by atoms with E-state index in [0.29, 0.717) is 25.9 Å². The molecule has 2 atom stereocenters. The van der Waals surface area contributed by atoms with Crippen LogP contribution in [0, 0.1) is 0 Å². The van der Waals surface area contributed by atoms with Crippen LogP contribution in [0.3, 0.4) is 0 Å². The van der Waals surface area contributed by atoms with Gasteiger partial charge in [-0.25, -0.2) is 0 Å². The molecular formula is C16H23N3O2. The topological polar surface area (TPSA) is 75.4 Å². The Labute approximate surface area is 125 Å².